The number of amidine groups is 1. The second-order valence-corrected chi connectivity index (χ2v) is 4.13. The fraction of sp³-hybridized carbons (Fsp3) is 0.778. The summed E-state index contributed by atoms with van der Waals surface area (Å²) in [6.07, 6.45) is -3.78. The van der Waals surface area contributed by atoms with Crippen LogP contribution in [0.1, 0.15) is 13.8 Å². The van der Waals surface area contributed by atoms with Crippen LogP contribution in [0.3, 0.4) is 0 Å². The highest BCUT2D eigenvalue weighted by atomic mass is 19.3. The third kappa shape index (κ3) is 3.39. The number of carbonyl (C=O) groups is 1. The van der Waals surface area contributed by atoms with Gasteiger partial charge in [-0.2, -0.15) is 8.78 Å². The number of nitrogens with one attached hydrogen (secondary N) is 1. The van der Waals surface area contributed by atoms with E-state index in [0.717, 1.165) is 0 Å². The van der Waals surface area contributed by atoms with Gasteiger partial charge in [0.25, 0.3) is 5.91 Å². The summed E-state index contributed by atoms with van der Waals surface area (Å²) < 4.78 is 52.8. The highest BCUT2D eigenvalue weighted by molar-refractivity contribution is 6.08. The Bertz CT molecular complexity index is 342. The first-order valence-electron chi connectivity index (χ1n) is 4.79. The smallest absolute Gasteiger partial charge is 0.330 e. The van der Waals surface area contributed by atoms with Crippen molar-refractivity contribution < 1.29 is 27.1 Å². The molecule has 17 heavy (non-hydrogen) atoms. The van der Waals surface area contributed by atoms with Crippen molar-refractivity contribution in [2.75, 3.05) is 13.2 Å². The molecule has 1 aliphatic heterocycles. The summed E-state index contributed by atoms with van der Waals surface area (Å²) in [5, 5.41) is 2.31. The van der Waals surface area contributed by atoms with E-state index in [1.807, 2.05) is 0 Å². The van der Waals surface area contributed by atoms with Gasteiger partial charge >= 0.3 is 12.3 Å². The van der Waals surface area contributed by atoms with Crippen LogP contribution >= 0.6 is 0 Å². The Balaban J connectivity index is 2.42. The molecular formula is C9H12F4N2O2. The van der Waals surface area contributed by atoms with Gasteiger partial charge in [-0.3, -0.25) is 9.79 Å². The van der Waals surface area contributed by atoms with E-state index >= 15 is 0 Å². The van der Waals surface area contributed by atoms with Crippen LogP contribution in [0.25, 0.3) is 0 Å². The average molecular weight is 256 g/mol. The van der Waals surface area contributed by atoms with Crippen LogP contribution in [0.4, 0.5) is 17.6 Å². The van der Waals surface area contributed by atoms with Crippen molar-refractivity contribution in [3.63, 3.8) is 0 Å². The molecule has 8 heteroatoms. The van der Waals surface area contributed by atoms with Gasteiger partial charge in [0.2, 0.25) is 0 Å². The predicted molar refractivity (Wildman–Crippen MR) is 51.4 cm³/mol. The molecular weight excluding hydrogens is 244 g/mol. The normalized spacial score (nSPS) is 19.5. The Labute approximate surface area is 95.0 Å². The van der Waals surface area contributed by atoms with Gasteiger partial charge in [-0.25, -0.2) is 8.78 Å². The van der Waals surface area contributed by atoms with Crippen LogP contribution < -0.4 is 5.32 Å². The molecule has 0 saturated heterocycles. The summed E-state index contributed by atoms with van der Waals surface area (Å²) in [6, 6.07) is 0. The number of nitrogens with zero attached hydrogens (tertiary/aromatic N) is 1. The van der Waals surface area contributed by atoms with Crippen LogP contribution in [0.2, 0.25) is 0 Å². The van der Waals surface area contributed by atoms with Gasteiger partial charge in [0.05, 0.1) is 0 Å². The molecule has 0 atom stereocenters. The molecule has 1 aliphatic rings. The Morgan fingerprint density at radius 3 is 2.47 bits per heavy atom. The van der Waals surface area contributed by atoms with Gasteiger partial charge in [0, 0.05) is 0 Å². The number of hydrogen-bond donors (Lipinski definition) is 1. The molecule has 1 heterocycles. The third-order valence-electron chi connectivity index (χ3n) is 2.08. The molecule has 1 amide bonds. The van der Waals surface area contributed by atoms with E-state index < -0.39 is 37.0 Å². The number of hydrogen-bond acceptors (Lipinski definition) is 3. The highest BCUT2D eigenvalue weighted by Crippen LogP contribution is 2.23. The molecule has 0 saturated carbocycles. The van der Waals surface area contributed by atoms with Crippen LogP contribution in [0.15, 0.2) is 4.99 Å². The molecule has 0 aromatic rings. The maximum Gasteiger partial charge on any atom is 0.330 e. The molecule has 0 unspecified atom stereocenters. The molecule has 0 aromatic heterocycles. The zero-order valence-corrected chi connectivity index (χ0v) is 9.27. The lowest BCUT2D eigenvalue weighted by atomic mass is 10.1. The van der Waals surface area contributed by atoms with Crippen molar-refractivity contribution in [2.24, 2.45) is 4.99 Å². The number of aliphatic imine (C=N–C) groups is 1. The van der Waals surface area contributed by atoms with Gasteiger partial charge in [0.1, 0.15) is 24.6 Å². The summed E-state index contributed by atoms with van der Waals surface area (Å²) in [7, 11) is 0. The first-order valence-corrected chi connectivity index (χ1v) is 4.79. The second kappa shape index (κ2) is 4.59. The quantitative estimate of drug-likeness (QED) is 0.752. The van der Waals surface area contributed by atoms with Crippen LogP contribution in [0, 0.1) is 0 Å². The van der Waals surface area contributed by atoms with E-state index in [1.54, 1.807) is 0 Å². The first kappa shape index (κ1) is 13.9. The molecule has 0 fully saturated rings. The van der Waals surface area contributed by atoms with Crippen molar-refractivity contribution in [3.05, 3.63) is 0 Å². The summed E-state index contributed by atoms with van der Waals surface area (Å²) in [6.45, 7) is 1.21. The number of alkyl halides is 4. The molecule has 0 bridgehead atoms. The molecule has 98 valence electrons. The first-order chi connectivity index (χ1) is 7.65. The zero-order chi connectivity index (χ0) is 13.3. The summed E-state index contributed by atoms with van der Waals surface area (Å²) in [5.74, 6) is -4.53. The van der Waals surface area contributed by atoms with Crippen LogP contribution in [0.5, 0.6) is 0 Å². The summed E-state index contributed by atoms with van der Waals surface area (Å²) >= 11 is 0. The van der Waals surface area contributed by atoms with E-state index in [2.05, 4.69) is 15.0 Å². The van der Waals surface area contributed by atoms with Crippen LogP contribution in [-0.2, 0) is 9.53 Å². The summed E-state index contributed by atoms with van der Waals surface area (Å²) in [5.41, 5.74) is -0.982. The van der Waals surface area contributed by atoms with Gasteiger partial charge < -0.3 is 10.1 Å². The van der Waals surface area contributed by atoms with Crippen molar-refractivity contribution in [3.8, 4) is 0 Å². The van der Waals surface area contributed by atoms with E-state index in [1.165, 1.54) is 13.8 Å². The minimum atomic E-state index is -4.20. The lowest BCUT2D eigenvalue weighted by Crippen LogP contribution is -2.37. The molecule has 0 aromatic carbocycles. The molecule has 0 spiro atoms. The maximum atomic E-state index is 12.4. The van der Waals surface area contributed by atoms with E-state index in [-0.39, 0.29) is 5.84 Å². The van der Waals surface area contributed by atoms with Crippen molar-refractivity contribution in [2.45, 2.75) is 31.7 Å². The van der Waals surface area contributed by atoms with E-state index in [0.29, 0.717) is 0 Å². The lowest BCUT2D eigenvalue weighted by Gasteiger charge is -2.14. The number of halogens is 4. The third-order valence-corrected chi connectivity index (χ3v) is 2.08. The Morgan fingerprint density at radius 1 is 1.47 bits per heavy atom. The van der Waals surface area contributed by atoms with Gasteiger partial charge in [-0.05, 0) is 13.8 Å². The second-order valence-electron chi connectivity index (χ2n) is 4.13. The van der Waals surface area contributed by atoms with Crippen molar-refractivity contribution >= 4 is 11.7 Å². The van der Waals surface area contributed by atoms with Crippen LogP contribution in [-0.4, -0.2) is 42.8 Å². The summed E-state index contributed by atoms with van der Waals surface area (Å²) in [4.78, 5) is 15.1. The van der Waals surface area contributed by atoms with Gasteiger partial charge in [-0.15, -0.1) is 0 Å². The lowest BCUT2D eigenvalue weighted by molar-refractivity contribution is -0.162. The monoisotopic (exact) mass is 256 g/mol. The SMILES string of the molecule is CC1(C)N=C(COCC(F)(F)C(F)F)NC1=O. The fourth-order valence-electron chi connectivity index (χ4n) is 1.12. The number of carbonyl (C=O) groups excluding carboxylic acids is 1. The van der Waals surface area contributed by atoms with Crippen molar-refractivity contribution in [1.29, 1.82) is 0 Å². The van der Waals surface area contributed by atoms with E-state index in [4.69, 9.17) is 0 Å². The molecule has 4 nitrogen and oxygen atoms in total. The minimum absolute atomic E-state index is 0.0602. The largest absolute Gasteiger partial charge is 0.367 e. The Kier molecular flexibility index (Phi) is 3.75. The zero-order valence-electron chi connectivity index (χ0n) is 9.27. The standard InChI is InChI=1S/C9H12F4N2O2/c1-8(2)7(16)14-5(15-8)3-17-4-9(12,13)6(10)11/h6H,3-4H2,1-2H3,(H,14,15,16). The van der Waals surface area contributed by atoms with Gasteiger partial charge in [-0.1, -0.05) is 0 Å². The van der Waals surface area contributed by atoms with E-state index in [9.17, 15) is 22.4 Å². The number of rotatable bonds is 5. The molecule has 1 N–H and O–H groups in total. The molecule has 0 aliphatic carbocycles. The molecule has 0 radical (unpaired) electrons. The molecule has 1 rings (SSSR count). The fourth-order valence-corrected chi connectivity index (χ4v) is 1.12. The predicted octanol–water partition coefficient (Wildman–Crippen LogP) is 1.21. The van der Waals surface area contributed by atoms with Gasteiger partial charge in [0.15, 0.2) is 0 Å². The number of amides is 1. The number of ether oxygens (including phenoxy) is 1. The highest BCUT2D eigenvalue weighted by Gasteiger charge is 2.41. The Hall–Kier alpha value is -1.18. The minimum Gasteiger partial charge on any atom is -0.367 e. The van der Waals surface area contributed by atoms with Crippen molar-refractivity contribution in [1.82, 2.24) is 5.32 Å². The average Bonchev–Trinajstić information content (AvgIpc) is 2.40. The Morgan fingerprint density at radius 2 is 2.06 bits per heavy atom. The topological polar surface area (TPSA) is 50.7 Å². The maximum absolute atomic E-state index is 12.4.